The van der Waals surface area contributed by atoms with Gasteiger partial charge in [-0.15, -0.1) is 0 Å². The topological polar surface area (TPSA) is 124 Å². The Kier molecular flexibility index (Phi) is 7.18. The van der Waals surface area contributed by atoms with Gasteiger partial charge < -0.3 is 20.1 Å². The van der Waals surface area contributed by atoms with Gasteiger partial charge in [-0.2, -0.15) is 4.31 Å². The van der Waals surface area contributed by atoms with E-state index in [1.807, 2.05) is 12.1 Å². The SMILES string of the molecule is O=C1NC(C2CCC(F)(F)CC2)=NC12CCN(S(=O)(=O)C=Cc1cccc3c1ccn3C[C@H](O)CO)CC2. The molecule has 5 rings (SSSR count). The second-order valence-electron chi connectivity index (χ2n) is 10.4. The molecule has 2 aliphatic heterocycles. The van der Waals surface area contributed by atoms with Crippen molar-refractivity contribution in [2.75, 3.05) is 19.7 Å². The predicted molar refractivity (Wildman–Crippen MR) is 139 cm³/mol. The van der Waals surface area contributed by atoms with Gasteiger partial charge in [0.25, 0.3) is 5.91 Å². The lowest BCUT2D eigenvalue weighted by atomic mass is 9.86. The van der Waals surface area contributed by atoms with E-state index in [0.29, 0.717) is 11.4 Å². The van der Waals surface area contributed by atoms with Crippen LogP contribution in [0.25, 0.3) is 17.0 Å². The number of nitrogens with one attached hydrogen (secondary N) is 1. The average molecular weight is 551 g/mol. The third-order valence-corrected chi connectivity index (χ3v) is 9.46. The van der Waals surface area contributed by atoms with Crippen molar-refractivity contribution in [1.82, 2.24) is 14.2 Å². The molecule has 2 aromatic rings. The second kappa shape index (κ2) is 10.1. The van der Waals surface area contributed by atoms with Crippen LogP contribution >= 0.6 is 0 Å². The highest BCUT2D eigenvalue weighted by atomic mass is 32.2. The number of fused-ring (bicyclic) bond motifs is 1. The second-order valence-corrected chi connectivity index (χ2v) is 12.3. The number of piperidine rings is 1. The Morgan fingerprint density at radius 2 is 1.87 bits per heavy atom. The Morgan fingerprint density at radius 1 is 1.16 bits per heavy atom. The number of carbonyl (C=O) groups is 1. The molecule has 1 saturated heterocycles. The van der Waals surface area contributed by atoms with E-state index in [1.165, 1.54) is 10.4 Å². The number of halogens is 2. The highest BCUT2D eigenvalue weighted by molar-refractivity contribution is 7.92. The number of benzene rings is 1. The molecule has 0 unspecified atom stereocenters. The summed E-state index contributed by atoms with van der Waals surface area (Å²) in [5.41, 5.74) is 0.456. The number of amides is 1. The lowest BCUT2D eigenvalue weighted by molar-refractivity contribution is -0.125. The molecule has 206 valence electrons. The zero-order chi connectivity index (χ0) is 27.1. The summed E-state index contributed by atoms with van der Waals surface area (Å²) in [6.45, 7) is 0.104. The van der Waals surface area contributed by atoms with Gasteiger partial charge >= 0.3 is 0 Å². The zero-order valence-corrected chi connectivity index (χ0v) is 21.7. The summed E-state index contributed by atoms with van der Waals surface area (Å²) in [7, 11) is -3.77. The van der Waals surface area contributed by atoms with Crippen molar-refractivity contribution in [2.24, 2.45) is 10.9 Å². The maximum atomic E-state index is 13.5. The van der Waals surface area contributed by atoms with Crippen molar-refractivity contribution in [3.8, 4) is 0 Å². The molecule has 9 nitrogen and oxygen atoms in total. The van der Waals surface area contributed by atoms with Crippen molar-refractivity contribution in [1.29, 1.82) is 0 Å². The van der Waals surface area contributed by atoms with E-state index in [4.69, 9.17) is 5.11 Å². The summed E-state index contributed by atoms with van der Waals surface area (Å²) in [5, 5.41) is 23.7. The van der Waals surface area contributed by atoms with Crippen LogP contribution in [0.15, 0.2) is 40.9 Å². The molecule has 1 spiro atoms. The number of amidine groups is 1. The molecule has 1 saturated carbocycles. The summed E-state index contributed by atoms with van der Waals surface area (Å²) < 4.78 is 56.4. The van der Waals surface area contributed by atoms with Gasteiger partial charge in [0.1, 0.15) is 11.4 Å². The summed E-state index contributed by atoms with van der Waals surface area (Å²) in [6, 6.07) is 7.28. The zero-order valence-electron chi connectivity index (χ0n) is 20.9. The summed E-state index contributed by atoms with van der Waals surface area (Å²) in [4.78, 5) is 17.5. The van der Waals surface area contributed by atoms with Crippen LogP contribution in [0.1, 0.15) is 44.1 Å². The summed E-state index contributed by atoms with van der Waals surface area (Å²) in [6.07, 6.45) is 2.96. The molecule has 1 aromatic heterocycles. The first-order chi connectivity index (χ1) is 18.0. The van der Waals surface area contributed by atoms with E-state index < -0.39 is 27.6 Å². The van der Waals surface area contributed by atoms with Crippen LogP contribution in [0, 0.1) is 5.92 Å². The molecule has 3 heterocycles. The van der Waals surface area contributed by atoms with Gasteiger partial charge in [0.15, 0.2) is 0 Å². The minimum Gasteiger partial charge on any atom is -0.394 e. The Balaban J connectivity index is 1.26. The van der Waals surface area contributed by atoms with Crippen LogP contribution < -0.4 is 5.32 Å². The molecule has 2 fully saturated rings. The molecule has 3 aliphatic rings. The number of nitrogens with zero attached hydrogens (tertiary/aromatic N) is 3. The predicted octanol–water partition coefficient (Wildman–Crippen LogP) is 2.48. The van der Waals surface area contributed by atoms with E-state index >= 15 is 0 Å². The van der Waals surface area contributed by atoms with Crippen molar-refractivity contribution in [3.63, 3.8) is 0 Å². The standard InChI is InChI=1S/C26H32F2N4O5S/c27-26(28)8-4-19(5-9-26)23-29-24(35)25(30-23)10-13-32(14-11-25)38(36,37)15-7-18-2-1-3-22-21(18)6-12-31(22)16-20(34)17-33/h1-3,6-7,12,15,19-20,33-34H,4-5,8-11,13-14,16-17H2,(H,29,30,35)/t20-/m0/s1. The Hall–Kier alpha value is -2.67. The van der Waals surface area contributed by atoms with Crippen LogP contribution in [-0.2, 0) is 21.4 Å². The molecule has 1 atom stereocenters. The fourth-order valence-electron chi connectivity index (χ4n) is 5.58. The van der Waals surface area contributed by atoms with E-state index in [-0.39, 0.29) is 76.6 Å². The number of sulfonamides is 1. The molecule has 12 heteroatoms. The molecule has 0 radical (unpaired) electrons. The van der Waals surface area contributed by atoms with Crippen LogP contribution in [0.4, 0.5) is 8.78 Å². The summed E-state index contributed by atoms with van der Waals surface area (Å²) in [5.74, 6) is -2.68. The lowest BCUT2D eigenvalue weighted by Crippen LogP contribution is -2.50. The normalized spacial score (nSPS) is 23.3. The quantitative estimate of drug-likeness (QED) is 0.489. The molecule has 0 bridgehead atoms. The first-order valence-electron chi connectivity index (χ1n) is 12.9. The number of aromatic nitrogens is 1. The van der Waals surface area contributed by atoms with E-state index in [9.17, 15) is 27.1 Å². The first kappa shape index (κ1) is 26.9. The minimum atomic E-state index is -3.77. The fraction of sp³-hybridized carbons (Fsp3) is 0.538. The van der Waals surface area contributed by atoms with Crippen LogP contribution in [-0.4, -0.2) is 76.5 Å². The highest BCUT2D eigenvalue weighted by Crippen LogP contribution is 2.39. The third kappa shape index (κ3) is 5.27. The number of aliphatic imine (C=N–C) groups is 1. The maximum absolute atomic E-state index is 13.5. The van der Waals surface area contributed by atoms with Crippen molar-refractivity contribution in [2.45, 2.75) is 62.6 Å². The lowest BCUT2D eigenvalue weighted by Gasteiger charge is -2.34. The van der Waals surface area contributed by atoms with Gasteiger partial charge in [-0.25, -0.2) is 17.2 Å². The largest absolute Gasteiger partial charge is 0.394 e. The van der Waals surface area contributed by atoms with Crippen LogP contribution in [0.2, 0.25) is 0 Å². The smallest absolute Gasteiger partial charge is 0.253 e. The number of hydrogen-bond donors (Lipinski definition) is 3. The first-order valence-corrected chi connectivity index (χ1v) is 14.4. The van der Waals surface area contributed by atoms with Gasteiger partial charge in [0.05, 0.1) is 19.3 Å². The van der Waals surface area contributed by atoms with E-state index in [1.54, 1.807) is 22.9 Å². The number of carbonyl (C=O) groups excluding carboxylic acids is 1. The van der Waals surface area contributed by atoms with Gasteiger partial charge in [-0.1, -0.05) is 12.1 Å². The monoisotopic (exact) mass is 550 g/mol. The third-order valence-electron chi connectivity index (χ3n) is 7.90. The molecule has 38 heavy (non-hydrogen) atoms. The molecular formula is C26H32F2N4O5S. The minimum absolute atomic E-state index is 0.124. The molecule has 1 amide bonds. The van der Waals surface area contributed by atoms with Crippen LogP contribution in [0.5, 0.6) is 0 Å². The molecule has 3 N–H and O–H groups in total. The number of aliphatic hydroxyl groups is 2. The Morgan fingerprint density at radius 3 is 2.55 bits per heavy atom. The van der Waals surface area contributed by atoms with Crippen molar-refractivity contribution >= 4 is 38.7 Å². The maximum Gasteiger partial charge on any atom is 0.253 e. The van der Waals surface area contributed by atoms with Crippen molar-refractivity contribution < 1.29 is 32.2 Å². The Labute approximate surface area is 219 Å². The van der Waals surface area contributed by atoms with Crippen molar-refractivity contribution in [3.05, 3.63) is 41.4 Å². The average Bonchev–Trinajstić information content (AvgIpc) is 3.44. The van der Waals surface area contributed by atoms with E-state index in [0.717, 1.165) is 16.3 Å². The number of alkyl halides is 2. The van der Waals surface area contributed by atoms with Gasteiger partial charge in [0.2, 0.25) is 15.9 Å². The fourth-order valence-corrected chi connectivity index (χ4v) is 6.76. The molecule has 1 aliphatic carbocycles. The summed E-state index contributed by atoms with van der Waals surface area (Å²) >= 11 is 0. The number of aliphatic hydroxyl groups excluding tert-OH is 2. The molecule has 1 aromatic carbocycles. The number of hydrogen-bond acceptors (Lipinski definition) is 6. The Bertz CT molecular complexity index is 1370. The molecular weight excluding hydrogens is 518 g/mol. The van der Waals surface area contributed by atoms with Gasteiger partial charge in [0, 0.05) is 54.4 Å². The van der Waals surface area contributed by atoms with E-state index in [2.05, 4.69) is 10.3 Å². The van der Waals surface area contributed by atoms with Gasteiger partial charge in [-0.05, 0) is 49.5 Å². The number of rotatable bonds is 7. The highest BCUT2D eigenvalue weighted by Gasteiger charge is 2.49. The van der Waals surface area contributed by atoms with Crippen LogP contribution in [0.3, 0.4) is 0 Å². The van der Waals surface area contributed by atoms with Gasteiger partial charge in [-0.3, -0.25) is 9.79 Å².